The number of aryl methyl sites for hydroxylation is 1. The van der Waals surface area contributed by atoms with Crippen LogP contribution in [0.25, 0.3) is 0 Å². The Hall–Kier alpha value is -0.630. The van der Waals surface area contributed by atoms with Crippen LogP contribution in [0.1, 0.15) is 5.56 Å². The molecule has 0 fully saturated rings. The molecule has 1 nitrogen and oxygen atoms in total. The van der Waals surface area contributed by atoms with Crippen LogP contribution in [0.3, 0.4) is 0 Å². The molecule has 0 aliphatic rings. The van der Waals surface area contributed by atoms with Gasteiger partial charge < -0.3 is 4.74 Å². The standard InChI is InChI=1S/C9H11OS/c1-10-9-4-2-3-8(7-9)5-6-11/h2-4,7H,5-6H2,1H3. The van der Waals surface area contributed by atoms with Gasteiger partial charge in [-0.2, -0.15) is 0 Å². The highest BCUT2D eigenvalue weighted by Gasteiger charge is 1.93. The average molecular weight is 167 g/mol. The minimum Gasteiger partial charge on any atom is -0.497 e. The topological polar surface area (TPSA) is 9.23 Å². The Morgan fingerprint density at radius 1 is 1.45 bits per heavy atom. The Morgan fingerprint density at radius 2 is 2.27 bits per heavy atom. The Bertz CT molecular complexity index is 223. The van der Waals surface area contributed by atoms with Crippen LogP contribution < -0.4 is 4.74 Å². The molecule has 0 atom stereocenters. The van der Waals surface area contributed by atoms with E-state index in [-0.39, 0.29) is 0 Å². The summed E-state index contributed by atoms with van der Waals surface area (Å²) in [5.41, 5.74) is 1.25. The largest absolute Gasteiger partial charge is 0.497 e. The van der Waals surface area contributed by atoms with E-state index in [1.54, 1.807) is 7.11 Å². The first-order valence-corrected chi connectivity index (χ1v) is 4.15. The molecule has 0 amide bonds. The van der Waals surface area contributed by atoms with E-state index in [1.807, 2.05) is 18.2 Å². The van der Waals surface area contributed by atoms with Crippen LogP contribution in [-0.4, -0.2) is 12.9 Å². The molecule has 0 heterocycles. The molecule has 0 aliphatic carbocycles. The zero-order chi connectivity index (χ0) is 8.10. The second kappa shape index (κ2) is 4.29. The van der Waals surface area contributed by atoms with E-state index >= 15 is 0 Å². The van der Waals surface area contributed by atoms with Gasteiger partial charge >= 0.3 is 0 Å². The Kier molecular flexibility index (Phi) is 3.30. The molecule has 0 spiro atoms. The van der Waals surface area contributed by atoms with Crippen molar-refractivity contribution >= 4 is 12.6 Å². The number of benzene rings is 1. The van der Waals surface area contributed by atoms with Gasteiger partial charge in [-0.1, -0.05) is 24.8 Å². The molecule has 1 radical (unpaired) electrons. The normalized spacial score (nSPS) is 9.64. The minimum absolute atomic E-state index is 0.771. The van der Waals surface area contributed by atoms with Crippen LogP contribution in [0.5, 0.6) is 5.75 Å². The zero-order valence-corrected chi connectivity index (χ0v) is 7.36. The molecule has 0 unspecified atom stereocenters. The first kappa shape index (κ1) is 8.47. The molecular formula is C9H11OS. The molecule has 11 heavy (non-hydrogen) atoms. The molecule has 0 N–H and O–H groups in total. The molecule has 1 aromatic carbocycles. The minimum atomic E-state index is 0.771. The lowest BCUT2D eigenvalue weighted by Gasteiger charge is -2.01. The van der Waals surface area contributed by atoms with Gasteiger partial charge in [0.2, 0.25) is 0 Å². The van der Waals surface area contributed by atoms with Crippen LogP contribution >= 0.6 is 12.6 Å². The quantitative estimate of drug-likeness (QED) is 0.672. The summed E-state index contributed by atoms with van der Waals surface area (Å²) in [6, 6.07) is 8.01. The third kappa shape index (κ3) is 2.46. The lowest BCUT2D eigenvalue weighted by molar-refractivity contribution is 0.414. The van der Waals surface area contributed by atoms with Crippen molar-refractivity contribution in [3.8, 4) is 5.75 Å². The highest BCUT2D eigenvalue weighted by Crippen LogP contribution is 2.12. The molecular weight excluding hydrogens is 156 g/mol. The lowest BCUT2D eigenvalue weighted by atomic mass is 10.2. The van der Waals surface area contributed by atoms with Gasteiger partial charge in [0.25, 0.3) is 0 Å². The van der Waals surface area contributed by atoms with Gasteiger partial charge in [0.05, 0.1) is 7.11 Å². The third-order valence-electron chi connectivity index (χ3n) is 1.52. The molecule has 1 rings (SSSR count). The molecule has 0 saturated heterocycles. The van der Waals surface area contributed by atoms with Gasteiger partial charge in [-0.25, -0.2) is 0 Å². The van der Waals surface area contributed by atoms with Gasteiger partial charge in [0.15, 0.2) is 0 Å². The maximum atomic E-state index is 5.07. The van der Waals surface area contributed by atoms with Crippen molar-refractivity contribution in [3.05, 3.63) is 29.8 Å². The first-order valence-electron chi connectivity index (χ1n) is 3.58. The predicted molar refractivity (Wildman–Crippen MR) is 49.2 cm³/mol. The maximum Gasteiger partial charge on any atom is 0.119 e. The van der Waals surface area contributed by atoms with Crippen LogP contribution in [-0.2, 0) is 6.42 Å². The number of hydrogen-bond donors (Lipinski definition) is 0. The van der Waals surface area contributed by atoms with Gasteiger partial charge in [-0.05, 0) is 24.1 Å². The second-order valence-electron chi connectivity index (χ2n) is 2.31. The van der Waals surface area contributed by atoms with E-state index in [2.05, 4.69) is 6.07 Å². The summed E-state index contributed by atoms with van der Waals surface area (Å²) in [5, 5.41) is 0. The molecule has 0 aromatic heterocycles. The van der Waals surface area contributed by atoms with Crippen molar-refractivity contribution in [2.24, 2.45) is 0 Å². The smallest absolute Gasteiger partial charge is 0.119 e. The zero-order valence-electron chi connectivity index (χ0n) is 6.54. The van der Waals surface area contributed by atoms with Crippen molar-refractivity contribution in [2.75, 3.05) is 12.9 Å². The van der Waals surface area contributed by atoms with E-state index in [0.29, 0.717) is 0 Å². The van der Waals surface area contributed by atoms with Crippen molar-refractivity contribution in [2.45, 2.75) is 6.42 Å². The molecule has 59 valence electrons. The van der Waals surface area contributed by atoms with E-state index in [4.69, 9.17) is 17.4 Å². The van der Waals surface area contributed by atoms with E-state index in [9.17, 15) is 0 Å². The lowest BCUT2D eigenvalue weighted by Crippen LogP contribution is -1.87. The van der Waals surface area contributed by atoms with Gasteiger partial charge in [0.1, 0.15) is 5.75 Å². The van der Waals surface area contributed by atoms with Crippen molar-refractivity contribution in [1.29, 1.82) is 0 Å². The van der Waals surface area contributed by atoms with E-state index in [1.165, 1.54) is 5.56 Å². The highest BCUT2D eigenvalue weighted by atomic mass is 32.1. The van der Waals surface area contributed by atoms with E-state index in [0.717, 1.165) is 17.9 Å². The van der Waals surface area contributed by atoms with Gasteiger partial charge in [-0.3, -0.25) is 0 Å². The number of ether oxygens (including phenoxy) is 1. The number of rotatable bonds is 3. The SMILES string of the molecule is COc1cccc(CC[S])c1. The predicted octanol–water partition coefficient (Wildman–Crippen LogP) is 2.44. The summed E-state index contributed by atoms with van der Waals surface area (Å²) in [4.78, 5) is 0. The number of hydrogen-bond acceptors (Lipinski definition) is 1. The number of methoxy groups -OCH3 is 1. The summed E-state index contributed by atoms with van der Waals surface area (Å²) in [7, 11) is 1.67. The van der Waals surface area contributed by atoms with Crippen molar-refractivity contribution in [3.63, 3.8) is 0 Å². The highest BCUT2D eigenvalue weighted by molar-refractivity contribution is 7.80. The Balaban J connectivity index is 2.74. The third-order valence-corrected chi connectivity index (χ3v) is 1.73. The fourth-order valence-corrected chi connectivity index (χ4v) is 1.18. The van der Waals surface area contributed by atoms with Crippen molar-refractivity contribution in [1.82, 2.24) is 0 Å². The Labute approximate surface area is 72.8 Å². The Morgan fingerprint density at radius 3 is 2.91 bits per heavy atom. The van der Waals surface area contributed by atoms with E-state index < -0.39 is 0 Å². The fraction of sp³-hybridized carbons (Fsp3) is 0.333. The van der Waals surface area contributed by atoms with Crippen LogP contribution in [0.2, 0.25) is 0 Å². The second-order valence-corrected chi connectivity index (χ2v) is 2.71. The first-order chi connectivity index (χ1) is 5.36. The summed E-state index contributed by atoms with van der Waals surface area (Å²) in [6.45, 7) is 0. The van der Waals surface area contributed by atoms with Gasteiger partial charge in [-0.15, -0.1) is 0 Å². The van der Waals surface area contributed by atoms with Gasteiger partial charge in [0, 0.05) is 5.75 Å². The van der Waals surface area contributed by atoms with Crippen LogP contribution in [0.15, 0.2) is 24.3 Å². The monoisotopic (exact) mass is 167 g/mol. The molecule has 0 bridgehead atoms. The van der Waals surface area contributed by atoms with Crippen molar-refractivity contribution < 1.29 is 4.74 Å². The molecule has 1 aromatic rings. The average Bonchev–Trinajstić information content (AvgIpc) is 2.06. The maximum absolute atomic E-state index is 5.07. The fourth-order valence-electron chi connectivity index (χ4n) is 0.946. The van der Waals surface area contributed by atoms with Crippen LogP contribution in [0, 0.1) is 0 Å². The summed E-state index contributed by atoms with van der Waals surface area (Å²) in [5.74, 6) is 1.68. The molecule has 0 aliphatic heterocycles. The summed E-state index contributed by atoms with van der Waals surface area (Å²) in [6.07, 6.45) is 0.951. The van der Waals surface area contributed by atoms with Crippen LogP contribution in [0.4, 0.5) is 0 Å². The molecule has 2 heteroatoms. The molecule has 0 saturated carbocycles. The summed E-state index contributed by atoms with van der Waals surface area (Å²) < 4.78 is 5.07. The summed E-state index contributed by atoms with van der Waals surface area (Å²) >= 11 is 4.87.